The summed E-state index contributed by atoms with van der Waals surface area (Å²) in [5.41, 5.74) is 3.68. The number of amides is 1. The first-order valence-corrected chi connectivity index (χ1v) is 9.45. The Balaban J connectivity index is 1.79. The Kier molecular flexibility index (Phi) is 6.45. The summed E-state index contributed by atoms with van der Waals surface area (Å²) >= 11 is 6.02. The molecule has 0 aromatic heterocycles. The molecule has 0 aliphatic carbocycles. The van der Waals surface area contributed by atoms with Crippen molar-refractivity contribution in [1.29, 1.82) is 0 Å². The molecule has 0 aliphatic heterocycles. The van der Waals surface area contributed by atoms with Gasteiger partial charge in [0.25, 0.3) is 0 Å². The topological polar surface area (TPSA) is 41.1 Å². The van der Waals surface area contributed by atoms with Gasteiger partial charge in [0.1, 0.15) is 5.82 Å². The molecule has 2 atom stereocenters. The molecule has 3 aromatic carbocycles. The number of aryl methyl sites for hydroxylation is 1. The third-order valence-corrected chi connectivity index (χ3v) is 4.86. The first kappa shape index (κ1) is 20.1. The molecule has 0 aliphatic rings. The van der Waals surface area contributed by atoms with Crippen molar-refractivity contribution in [2.75, 3.05) is 5.32 Å². The fourth-order valence-electron chi connectivity index (χ4n) is 2.95. The van der Waals surface area contributed by atoms with Gasteiger partial charge in [0.05, 0.1) is 22.8 Å². The number of carbonyl (C=O) groups is 1. The summed E-state index contributed by atoms with van der Waals surface area (Å²) in [7, 11) is 0. The first-order valence-electron chi connectivity index (χ1n) is 9.07. The van der Waals surface area contributed by atoms with Crippen LogP contribution in [0.1, 0.15) is 29.7 Å². The Morgan fingerprint density at radius 2 is 1.61 bits per heavy atom. The smallest absolute Gasteiger partial charge is 0.241 e. The molecule has 2 N–H and O–H groups in total. The molecule has 28 heavy (non-hydrogen) atoms. The van der Waals surface area contributed by atoms with Gasteiger partial charge in [0, 0.05) is 0 Å². The predicted octanol–water partition coefficient (Wildman–Crippen LogP) is 5.49. The van der Waals surface area contributed by atoms with E-state index in [9.17, 15) is 9.18 Å². The minimum atomic E-state index is -0.507. The second kappa shape index (κ2) is 9.00. The van der Waals surface area contributed by atoms with Crippen LogP contribution in [0.3, 0.4) is 0 Å². The van der Waals surface area contributed by atoms with Crippen molar-refractivity contribution in [3.05, 3.63) is 100 Å². The van der Waals surface area contributed by atoms with Gasteiger partial charge in [-0.1, -0.05) is 71.8 Å². The highest BCUT2D eigenvalue weighted by Gasteiger charge is 2.21. The van der Waals surface area contributed by atoms with Crippen molar-refractivity contribution in [2.45, 2.75) is 25.9 Å². The molecule has 0 spiro atoms. The highest BCUT2D eigenvalue weighted by atomic mass is 35.5. The molecule has 0 radical (unpaired) electrons. The van der Waals surface area contributed by atoms with Crippen LogP contribution in [-0.4, -0.2) is 11.9 Å². The summed E-state index contributed by atoms with van der Waals surface area (Å²) in [5.74, 6) is -0.695. The lowest BCUT2D eigenvalue weighted by Crippen LogP contribution is -2.40. The van der Waals surface area contributed by atoms with E-state index in [0.717, 1.165) is 11.1 Å². The molecule has 0 fully saturated rings. The van der Waals surface area contributed by atoms with Crippen molar-refractivity contribution in [1.82, 2.24) is 5.32 Å². The average Bonchev–Trinajstić information content (AvgIpc) is 2.69. The number of rotatable bonds is 6. The average molecular weight is 397 g/mol. The maximum Gasteiger partial charge on any atom is 0.241 e. The molecular formula is C23H22ClFN2O. The van der Waals surface area contributed by atoms with E-state index in [1.54, 1.807) is 6.92 Å². The summed E-state index contributed by atoms with van der Waals surface area (Å²) < 4.78 is 13.2. The number of carbonyl (C=O) groups excluding carboxylic acids is 1. The van der Waals surface area contributed by atoms with E-state index in [2.05, 4.69) is 34.9 Å². The van der Waals surface area contributed by atoms with Crippen LogP contribution in [0.2, 0.25) is 5.02 Å². The fraction of sp³-hybridized carbons (Fsp3) is 0.174. The Bertz CT molecular complexity index is 945. The SMILES string of the molecule is Cc1ccc([C@@H](N[C@H](C)C(=O)Nc2ccc(F)cc2Cl)c2ccccc2)cc1. The van der Waals surface area contributed by atoms with Gasteiger partial charge in [-0.2, -0.15) is 0 Å². The zero-order chi connectivity index (χ0) is 20.1. The third kappa shape index (κ3) is 4.97. The van der Waals surface area contributed by atoms with Gasteiger partial charge in [-0.25, -0.2) is 4.39 Å². The van der Waals surface area contributed by atoms with E-state index in [-0.39, 0.29) is 17.0 Å². The molecular weight excluding hydrogens is 375 g/mol. The number of hydrogen-bond acceptors (Lipinski definition) is 2. The maximum atomic E-state index is 13.2. The minimum Gasteiger partial charge on any atom is -0.323 e. The van der Waals surface area contributed by atoms with Crippen LogP contribution in [0, 0.1) is 12.7 Å². The molecule has 0 saturated carbocycles. The zero-order valence-corrected chi connectivity index (χ0v) is 16.5. The second-order valence-electron chi connectivity index (χ2n) is 6.76. The predicted molar refractivity (Wildman–Crippen MR) is 112 cm³/mol. The van der Waals surface area contributed by atoms with Crippen molar-refractivity contribution >= 4 is 23.2 Å². The standard InChI is InChI=1S/C23H22ClFN2O/c1-15-8-10-18(11-9-15)22(17-6-4-3-5-7-17)26-16(2)23(28)27-21-13-12-19(25)14-20(21)24/h3-14,16,22,26H,1-2H3,(H,27,28)/t16-,22+/m1/s1. The van der Waals surface area contributed by atoms with Crippen LogP contribution in [0.4, 0.5) is 10.1 Å². The molecule has 3 rings (SSSR count). The quantitative estimate of drug-likeness (QED) is 0.578. The van der Waals surface area contributed by atoms with Crippen molar-refractivity contribution < 1.29 is 9.18 Å². The summed E-state index contributed by atoms with van der Waals surface area (Å²) in [6, 6.07) is 21.4. The molecule has 0 heterocycles. The molecule has 3 aromatic rings. The summed E-state index contributed by atoms with van der Waals surface area (Å²) in [6.07, 6.45) is 0. The highest BCUT2D eigenvalue weighted by molar-refractivity contribution is 6.33. The third-order valence-electron chi connectivity index (χ3n) is 4.54. The van der Waals surface area contributed by atoms with E-state index >= 15 is 0 Å². The maximum absolute atomic E-state index is 13.2. The van der Waals surface area contributed by atoms with Gasteiger partial charge in [-0.05, 0) is 43.2 Å². The van der Waals surface area contributed by atoms with Crippen LogP contribution in [0.25, 0.3) is 0 Å². The van der Waals surface area contributed by atoms with Crippen LogP contribution in [0.5, 0.6) is 0 Å². The molecule has 5 heteroatoms. The molecule has 0 bridgehead atoms. The van der Waals surface area contributed by atoms with Crippen molar-refractivity contribution in [3.8, 4) is 0 Å². The zero-order valence-electron chi connectivity index (χ0n) is 15.7. The van der Waals surface area contributed by atoms with Crippen molar-refractivity contribution in [2.24, 2.45) is 0 Å². The van der Waals surface area contributed by atoms with Gasteiger partial charge < -0.3 is 5.32 Å². The summed E-state index contributed by atoms with van der Waals surface area (Å²) in [6.45, 7) is 3.83. The van der Waals surface area contributed by atoms with E-state index in [4.69, 9.17) is 11.6 Å². The minimum absolute atomic E-state index is 0.147. The lowest BCUT2D eigenvalue weighted by atomic mass is 9.97. The summed E-state index contributed by atoms with van der Waals surface area (Å²) in [5, 5.41) is 6.31. The van der Waals surface area contributed by atoms with E-state index < -0.39 is 11.9 Å². The molecule has 1 amide bonds. The molecule has 0 saturated heterocycles. The number of benzene rings is 3. The summed E-state index contributed by atoms with van der Waals surface area (Å²) in [4.78, 5) is 12.7. The number of anilines is 1. The first-order chi connectivity index (χ1) is 13.4. The number of hydrogen-bond donors (Lipinski definition) is 2. The second-order valence-corrected chi connectivity index (χ2v) is 7.16. The van der Waals surface area contributed by atoms with E-state index in [1.807, 2.05) is 37.3 Å². The number of nitrogens with one attached hydrogen (secondary N) is 2. The Morgan fingerprint density at radius 3 is 2.25 bits per heavy atom. The largest absolute Gasteiger partial charge is 0.323 e. The number of halogens is 2. The van der Waals surface area contributed by atoms with Crippen LogP contribution in [0.15, 0.2) is 72.8 Å². The Labute approximate surface area is 169 Å². The molecule has 0 unspecified atom stereocenters. The van der Waals surface area contributed by atoms with E-state index in [0.29, 0.717) is 5.69 Å². The van der Waals surface area contributed by atoms with Gasteiger partial charge in [0.2, 0.25) is 5.91 Å². The molecule has 3 nitrogen and oxygen atoms in total. The van der Waals surface area contributed by atoms with Crippen molar-refractivity contribution in [3.63, 3.8) is 0 Å². The van der Waals surface area contributed by atoms with Gasteiger partial charge in [-0.15, -0.1) is 0 Å². The lowest BCUT2D eigenvalue weighted by molar-refractivity contribution is -0.117. The fourth-order valence-corrected chi connectivity index (χ4v) is 3.16. The normalized spacial score (nSPS) is 13.0. The highest BCUT2D eigenvalue weighted by Crippen LogP contribution is 2.25. The van der Waals surface area contributed by atoms with Gasteiger partial charge in [-0.3, -0.25) is 10.1 Å². The van der Waals surface area contributed by atoms with E-state index in [1.165, 1.54) is 23.8 Å². The van der Waals surface area contributed by atoms with Crippen LogP contribution < -0.4 is 10.6 Å². The van der Waals surface area contributed by atoms with Crippen LogP contribution in [-0.2, 0) is 4.79 Å². The Morgan fingerprint density at radius 1 is 0.964 bits per heavy atom. The lowest BCUT2D eigenvalue weighted by Gasteiger charge is -2.24. The van der Waals surface area contributed by atoms with Crippen LogP contribution >= 0.6 is 11.6 Å². The van der Waals surface area contributed by atoms with Gasteiger partial charge in [0.15, 0.2) is 0 Å². The molecule has 144 valence electrons. The Hall–Kier alpha value is -2.69. The monoisotopic (exact) mass is 396 g/mol. The van der Waals surface area contributed by atoms with Gasteiger partial charge >= 0.3 is 0 Å².